The second-order valence-corrected chi connectivity index (χ2v) is 4.46. The number of benzene rings is 1. The van der Waals surface area contributed by atoms with Crippen molar-refractivity contribution in [3.63, 3.8) is 0 Å². The highest BCUT2D eigenvalue weighted by molar-refractivity contribution is 5.45. The molecule has 1 atom stereocenters. The van der Waals surface area contributed by atoms with E-state index in [1.165, 1.54) is 0 Å². The first-order chi connectivity index (χ1) is 9.46. The van der Waals surface area contributed by atoms with E-state index in [1.54, 1.807) is 0 Å². The molecule has 20 heavy (non-hydrogen) atoms. The molecule has 0 saturated heterocycles. The zero-order valence-electron chi connectivity index (χ0n) is 11.0. The molecule has 1 heterocycles. The van der Waals surface area contributed by atoms with Crippen LogP contribution in [0.15, 0.2) is 18.2 Å². The highest BCUT2D eigenvalue weighted by Gasteiger charge is 2.27. The van der Waals surface area contributed by atoms with Crippen molar-refractivity contribution >= 4 is 0 Å². The van der Waals surface area contributed by atoms with Gasteiger partial charge in [0.1, 0.15) is 6.61 Å². The molecule has 0 spiro atoms. The molecule has 1 aliphatic rings. The lowest BCUT2D eigenvalue weighted by Crippen LogP contribution is -2.25. The maximum atomic E-state index is 11.9. The van der Waals surface area contributed by atoms with E-state index in [9.17, 15) is 13.2 Å². The zero-order chi connectivity index (χ0) is 14.6. The van der Waals surface area contributed by atoms with E-state index in [-0.39, 0.29) is 19.4 Å². The van der Waals surface area contributed by atoms with Crippen LogP contribution in [0.4, 0.5) is 13.2 Å². The van der Waals surface area contributed by atoms with Crippen molar-refractivity contribution in [3.05, 3.63) is 23.8 Å². The number of hydrogen-bond acceptors (Lipinski definition) is 4. The van der Waals surface area contributed by atoms with E-state index < -0.39 is 12.8 Å². The number of halogens is 3. The smallest absolute Gasteiger partial charge is 0.411 e. The van der Waals surface area contributed by atoms with Gasteiger partial charge in [-0.2, -0.15) is 13.2 Å². The van der Waals surface area contributed by atoms with Gasteiger partial charge in [-0.1, -0.05) is 6.07 Å². The summed E-state index contributed by atoms with van der Waals surface area (Å²) in [4.78, 5) is 0. The van der Waals surface area contributed by atoms with Crippen LogP contribution in [-0.2, 0) is 4.74 Å². The Bertz CT molecular complexity index is 451. The maximum absolute atomic E-state index is 11.9. The van der Waals surface area contributed by atoms with E-state index in [4.69, 9.17) is 9.47 Å². The van der Waals surface area contributed by atoms with Crippen molar-refractivity contribution in [1.29, 1.82) is 0 Å². The Morgan fingerprint density at radius 3 is 2.80 bits per heavy atom. The lowest BCUT2D eigenvalue weighted by molar-refractivity contribution is -0.173. The van der Waals surface area contributed by atoms with Crippen molar-refractivity contribution in [3.8, 4) is 11.5 Å². The van der Waals surface area contributed by atoms with Gasteiger partial charge in [-0.05, 0) is 24.6 Å². The van der Waals surface area contributed by atoms with Gasteiger partial charge in [-0.3, -0.25) is 0 Å². The standard InChI is InChI=1S/C13H16F3NO3/c1-9(17-4-5-18-7-13(14,15)16)10-2-3-11-12(6-10)20-8-19-11/h2-3,6,9,17H,4-5,7-8H2,1H3. The predicted octanol–water partition coefficient (Wildman–Crippen LogP) is 2.64. The van der Waals surface area contributed by atoms with Gasteiger partial charge in [0.25, 0.3) is 0 Å². The fourth-order valence-corrected chi connectivity index (χ4v) is 1.84. The van der Waals surface area contributed by atoms with Crippen LogP contribution in [0.2, 0.25) is 0 Å². The largest absolute Gasteiger partial charge is 0.454 e. The van der Waals surface area contributed by atoms with Gasteiger partial charge in [0.05, 0.1) is 6.61 Å². The van der Waals surface area contributed by atoms with Crippen LogP contribution in [0.5, 0.6) is 11.5 Å². The molecular weight excluding hydrogens is 275 g/mol. The zero-order valence-corrected chi connectivity index (χ0v) is 11.0. The third-order valence-corrected chi connectivity index (χ3v) is 2.86. The van der Waals surface area contributed by atoms with E-state index in [0.717, 1.165) is 5.56 Å². The van der Waals surface area contributed by atoms with E-state index in [2.05, 4.69) is 10.1 Å². The molecular formula is C13H16F3NO3. The average Bonchev–Trinajstić information content (AvgIpc) is 2.83. The van der Waals surface area contributed by atoms with Crippen LogP contribution < -0.4 is 14.8 Å². The van der Waals surface area contributed by atoms with Gasteiger partial charge >= 0.3 is 6.18 Å². The number of fused-ring (bicyclic) bond motifs is 1. The third kappa shape index (κ3) is 4.28. The molecule has 2 rings (SSSR count). The minimum atomic E-state index is -4.27. The molecule has 1 aromatic rings. The van der Waals surface area contributed by atoms with E-state index in [1.807, 2.05) is 25.1 Å². The number of ether oxygens (including phenoxy) is 3. The van der Waals surface area contributed by atoms with Gasteiger partial charge < -0.3 is 19.5 Å². The first-order valence-corrected chi connectivity index (χ1v) is 6.23. The number of rotatable bonds is 6. The van der Waals surface area contributed by atoms with Crippen LogP contribution in [0.1, 0.15) is 18.5 Å². The molecule has 4 nitrogen and oxygen atoms in total. The molecule has 7 heteroatoms. The van der Waals surface area contributed by atoms with Crippen molar-refractivity contribution in [1.82, 2.24) is 5.32 Å². The van der Waals surface area contributed by atoms with E-state index in [0.29, 0.717) is 18.0 Å². The lowest BCUT2D eigenvalue weighted by Gasteiger charge is -2.15. The summed E-state index contributed by atoms with van der Waals surface area (Å²) in [5, 5.41) is 3.09. The molecule has 1 aromatic carbocycles. The van der Waals surface area contributed by atoms with Crippen LogP contribution in [-0.4, -0.2) is 32.7 Å². The normalized spacial score (nSPS) is 15.4. The van der Waals surface area contributed by atoms with Crippen LogP contribution in [0.25, 0.3) is 0 Å². The monoisotopic (exact) mass is 291 g/mol. The summed E-state index contributed by atoms with van der Waals surface area (Å²) in [6.45, 7) is 1.26. The number of hydrogen-bond donors (Lipinski definition) is 1. The molecule has 0 amide bonds. The fourth-order valence-electron chi connectivity index (χ4n) is 1.84. The van der Waals surface area contributed by atoms with Gasteiger partial charge in [0, 0.05) is 12.6 Å². The van der Waals surface area contributed by atoms with Crippen molar-refractivity contribution in [2.45, 2.75) is 19.1 Å². The second-order valence-electron chi connectivity index (χ2n) is 4.46. The molecule has 0 bridgehead atoms. The molecule has 112 valence electrons. The highest BCUT2D eigenvalue weighted by atomic mass is 19.4. The molecule has 0 aliphatic carbocycles. The molecule has 0 aromatic heterocycles. The SMILES string of the molecule is CC(NCCOCC(F)(F)F)c1ccc2c(c1)OCO2. The van der Waals surface area contributed by atoms with Crippen molar-refractivity contribution in [2.75, 3.05) is 26.6 Å². The molecule has 0 fully saturated rings. The predicted molar refractivity (Wildman–Crippen MR) is 65.9 cm³/mol. The number of alkyl halides is 3. The summed E-state index contributed by atoms with van der Waals surface area (Å²) in [5.74, 6) is 1.39. The summed E-state index contributed by atoms with van der Waals surface area (Å²) in [7, 11) is 0. The van der Waals surface area contributed by atoms with E-state index >= 15 is 0 Å². The molecule has 0 radical (unpaired) electrons. The van der Waals surface area contributed by atoms with Crippen molar-refractivity contribution < 1.29 is 27.4 Å². The maximum Gasteiger partial charge on any atom is 0.411 e. The fraction of sp³-hybridized carbons (Fsp3) is 0.538. The molecule has 1 aliphatic heterocycles. The molecule has 1 unspecified atom stereocenters. The van der Waals surface area contributed by atoms with Gasteiger partial charge in [0.15, 0.2) is 11.5 Å². The molecule has 1 N–H and O–H groups in total. The quantitative estimate of drug-likeness (QED) is 0.818. The average molecular weight is 291 g/mol. The Morgan fingerprint density at radius 2 is 2.05 bits per heavy atom. The first kappa shape index (κ1) is 14.9. The molecule has 0 saturated carbocycles. The minimum absolute atomic E-state index is 0.00834. The van der Waals surface area contributed by atoms with Crippen molar-refractivity contribution in [2.24, 2.45) is 0 Å². The summed E-state index contributed by atoms with van der Waals surface area (Å²) < 4.78 is 50.6. The summed E-state index contributed by atoms with van der Waals surface area (Å²) in [6, 6.07) is 5.55. The second kappa shape index (κ2) is 6.32. The Morgan fingerprint density at radius 1 is 1.30 bits per heavy atom. The van der Waals surface area contributed by atoms with Crippen LogP contribution in [0, 0.1) is 0 Å². The lowest BCUT2D eigenvalue weighted by atomic mass is 10.1. The minimum Gasteiger partial charge on any atom is -0.454 e. The van der Waals surface area contributed by atoms with Gasteiger partial charge in [-0.15, -0.1) is 0 Å². The highest BCUT2D eigenvalue weighted by Crippen LogP contribution is 2.34. The Kier molecular flexibility index (Phi) is 4.72. The topological polar surface area (TPSA) is 39.7 Å². The Labute approximate surface area is 114 Å². The summed E-state index contributed by atoms with van der Waals surface area (Å²) >= 11 is 0. The first-order valence-electron chi connectivity index (χ1n) is 6.23. The Hall–Kier alpha value is -1.47. The van der Waals surface area contributed by atoms with Crippen LogP contribution >= 0.6 is 0 Å². The summed E-state index contributed by atoms with van der Waals surface area (Å²) in [5.41, 5.74) is 0.977. The van der Waals surface area contributed by atoms with Gasteiger partial charge in [-0.25, -0.2) is 0 Å². The summed E-state index contributed by atoms with van der Waals surface area (Å²) in [6.07, 6.45) is -4.27. The van der Waals surface area contributed by atoms with Gasteiger partial charge in [0.2, 0.25) is 6.79 Å². The van der Waals surface area contributed by atoms with Crippen LogP contribution in [0.3, 0.4) is 0 Å². The number of nitrogens with one attached hydrogen (secondary N) is 1. The Balaban J connectivity index is 1.73. The third-order valence-electron chi connectivity index (χ3n) is 2.86.